The van der Waals surface area contributed by atoms with Crippen LogP contribution in [0.25, 0.3) is 0 Å². The third kappa shape index (κ3) is 2.97. The van der Waals surface area contributed by atoms with Crippen LogP contribution in [0.3, 0.4) is 0 Å². The molecule has 1 rings (SSSR count). The first-order valence-corrected chi connectivity index (χ1v) is 4.94. The predicted octanol–water partition coefficient (Wildman–Crippen LogP) is 1.49. The van der Waals surface area contributed by atoms with Crippen LogP contribution in [0.1, 0.15) is 26.2 Å². The Bertz CT molecular complexity index is 212. The Morgan fingerprint density at radius 3 is 2.57 bits per heavy atom. The van der Waals surface area contributed by atoms with E-state index in [0.717, 1.165) is 12.8 Å². The molecule has 1 heterocycles. The van der Waals surface area contributed by atoms with E-state index in [-0.39, 0.29) is 5.92 Å². The molecule has 1 saturated heterocycles. The maximum atomic E-state index is 10.6. The van der Waals surface area contributed by atoms with E-state index in [1.807, 2.05) is 0 Å². The average Bonchev–Trinajstić information content (AvgIpc) is 2.19. The first kappa shape index (κ1) is 10.9. The lowest BCUT2D eigenvalue weighted by Gasteiger charge is -2.28. The molecule has 0 saturated carbocycles. The van der Waals surface area contributed by atoms with Crippen molar-refractivity contribution in [1.29, 1.82) is 0 Å². The van der Waals surface area contributed by atoms with Gasteiger partial charge in [0.05, 0.1) is 11.2 Å². The Kier molecular flexibility index (Phi) is 3.85. The van der Waals surface area contributed by atoms with Crippen molar-refractivity contribution in [3.63, 3.8) is 0 Å². The number of rotatable bonds is 4. The van der Waals surface area contributed by atoms with Gasteiger partial charge in [0, 0.05) is 13.1 Å². The van der Waals surface area contributed by atoms with Crippen molar-refractivity contribution in [1.82, 2.24) is 5.01 Å². The van der Waals surface area contributed by atoms with E-state index in [2.05, 4.69) is 5.29 Å². The Morgan fingerprint density at radius 2 is 2.14 bits per heavy atom. The van der Waals surface area contributed by atoms with Crippen molar-refractivity contribution in [2.45, 2.75) is 26.2 Å². The van der Waals surface area contributed by atoms with Crippen LogP contribution < -0.4 is 0 Å². The summed E-state index contributed by atoms with van der Waals surface area (Å²) in [6, 6.07) is 0. The lowest BCUT2D eigenvalue weighted by Crippen LogP contribution is -2.30. The summed E-state index contributed by atoms with van der Waals surface area (Å²) in [7, 11) is 0. The molecular weight excluding hydrogens is 184 g/mol. The molecule has 1 N–H and O–H groups in total. The standard InChI is InChI=1S/C9H16N2O3/c1-7(9(12)13)6-8-2-4-11(10-14)5-3-8/h7-8H,2-6H2,1H3,(H,12,13). The fourth-order valence-corrected chi connectivity index (χ4v) is 1.84. The first-order valence-electron chi connectivity index (χ1n) is 4.94. The van der Waals surface area contributed by atoms with Crippen molar-refractivity contribution in [3.05, 3.63) is 4.91 Å². The molecule has 1 aliphatic rings. The molecule has 1 unspecified atom stereocenters. The largest absolute Gasteiger partial charge is 0.481 e. The monoisotopic (exact) mass is 200 g/mol. The molecule has 0 amide bonds. The highest BCUT2D eigenvalue weighted by molar-refractivity contribution is 5.69. The Labute approximate surface area is 83.0 Å². The van der Waals surface area contributed by atoms with Gasteiger partial charge in [-0.1, -0.05) is 6.92 Å². The number of aliphatic carboxylic acids is 1. The molecule has 0 aromatic heterocycles. The van der Waals surface area contributed by atoms with E-state index in [1.165, 1.54) is 5.01 Å². The van der Waals surface area contributed by atoms with E-state index < -0.39 is 5.97 Å². The van der Waals surface area contributed by atoms with E-state index in [0.29, 0.717) is 25.4 Å². The molecule has 0 spiro atoms. The number of nitrogens with zero attached hydrogens (tertiary/aromatic N) is 2. The molecule has 14 heavy (non-hydrogen) atoms. The van der Waals surface area contributed by atoms with Gasteiger partial charge in [0.25, 0.3) is 0 Å². The summed E-state index contributed by atoms with van der Waals surface area (Å²) in [5.41, 5.74) is 0. The molecule has 0 radical (unpaired) electrons. The van der Waals surface area contributed by atoms with Crippen LogP contribution in [-0.4, -0.2) is 29.2 Å². The third-order valence-electron chi connectivity index (χ3n) is 2.81. The number of piperidine rings is 1. The summed E-state index contributed by atoms with van der Waals surface area (Å²) in [6.07, 6.45) is 2.47. The molecule has 0 bridgehead atoms. The molecular formula is C9H16N2O3. The number of carboxylic acids is 1. The fraction of sp³-hybridized carbons (Fsp3) is 0.889. The van der Waals surface area contributed by atoms with Gasteiger partial charge >= 0.3 is 5.97 Å². The number of hydrogen-bond donors (Lipinski definition) is 1. The van der Waals surface area contributed by atoms with E-state index in [9.17, 15) is 9.70 Å². The highest BCUT2D eigenvalue weighted by Gasteiger charge is 2.23. The fourth-order valence-electron chi connectivity index (χ4n) is 1.84. The summed E-state index contributed by atoms with van der Waals surface area (Å²) in [5.74, 6) is -0.587. The average molecular weight is 200 g/mol. The zero-order valence-corrected chi connectivity index (χ0v) is 8.35. The molecule has 1 aliphatic heterocycles. The summed E-state index contributed by atoms with van der Waals surface area (Å²) >= 11 is 0. The summed E-state index contributed by atoms with van der Waals surface area (Å²) < 4.78 is 0. The number of carbonyl (C=O) groups is 1. The minimum atomic E-state index is -0.735. The van der Waals surface area contributed by atoms with Crippen LogP contribution >= 0.6 is 0 Å². The van der Waals surface area contributed by atoms with Gasteiger partial charge < -0.3 is 5.11 Å². The van der Waals surface area contributed by atoms with E-state index in [1.54, 1.807) is 6.92 Å². The summed E-state index contributed by atoms with van der Waals surface area (Å²) in [4.78, 5) is 20.8. The zero-order valence-electron chi connectivity index (χ0n) is 8.35. The predicted molar refractivity (Wildman–Crippen MR) is 51.5 cm³/mol. The molecule has 0 aromatic rings. The van der Waals surface area contributed by atoms with Crippen molar-refractivity contribution < 1.29 is 9.90 Å². The zero-order chi connectivity index (χ0) is 10.6. The quantitative estimate of drug-likeness (QED) is 0.698. The van der Waals surface area contributed by atoms with Gasteiger partial charge in [-0.2, -0.15) is 0 Å². The van der Waals surface area contributed by atoms with E-state index >= 15 is 0 Å². The number of hydrogen-bond acceptors (Lipinski definition) is 3. The molecule has 0 aliphatic carbocycles. The van der Waals surface area contributed by atoms with Crippen LogP contribution in [0.4, 0.5) is 0 Å². The Morgan fingerprint density at radius 1 is 1.57 bits per heavy atom. The first-order chi connectivity index (χ1) is 6.63. The smallest absolute Gasteiger partial charge is 0.306 e. The Hall–Kier alpha value is -1.13. The minimum absolute atomic E-state index is 0.282. The maximum absolute atomic E-state index is 10.6. The molecule has 5 heteroatoms. The normalized spacial score (nSPS) is 20.5. The lowest BCUT2D eigenvalue weighted by atomic mass is 9.88. The lowest BCUT2D eigenvalue weighted by molar-refractivity contribution is -0.141. The second kappa shape index (κ2) is 4.93. The molecule has 80 valence electrons. The maximum Gasteiger partial charge on any atom is 0.306 e. The number of nitroso groups, excluding NO2 is 1. The highest BCUT2D eigenvalue weighted by Crippen LogP contribution is 2.24. The van der Waals surface area contributed by atoms with Crippen molar-refractivity contribution >= 4 is 5.97 Å². The van der Waals surface area contributed by atoms with Gasteiger partial charge in [-0.3, -0.25) is 9.80 Å². The second-order valence-electron chi connectivity index (χ2n) is 3.95. The van der Waals surface area contributed by atoms with Crippen LogP contribution in [0.2, 0.25) is 0 Å². The molecule has 0 aromatic carbocycles. The second-order valence-corrected chi connectivity index (χ2v) is 3.95. The van der Waals surface area contributed by atoms with Crippen molar-refractivity contribution in [2.24, 2.45) is 17.1 Å². The minimum Gasteiger partial charge on any atom is -0.481 e. The topological polar surface area (TPSA) is 70.0 Å². The van der Waals surface area contributed by atoms with Crippen LogP contribution in [0, 0.1) is 16.7 Å². The molecule has 5 nitrogen and oxygen atoms in total. The van der Waals surface area contributed by atoms with E-state index in [4.69, 9.17) is 5.11 Å². The molecule has 1 fully saturated rings. The number of carboxylic acid groups (broad SMARTS) is 1. The van der Waals surface area contributed by atoms with Crippen molar-refractivity contribution in [2.75, 3.05) is 13.1 Å². The van der Waals surface area contributed by atoms with Crippen LogP contribution in [0.15, 0.2) is 5.29 Å². The summed E-state index contributed by atoms with van der Waals surface area (Å²) in [6.45, 7) is 3.06. The van der Waals surface area contributed by atoms with Gasteiger partial charge in [-0.25, -0.2) is 0 Å². The van der Waals surface area contributed by atoms with Gasteiger partial charge in [0.1, 0.15) is 0 Å². The van der Waals surface area contributed by atoms with Crippen molar-refractivity contribution in [3.8, 4) is 0 Å². The SMILES string of the molecule is CC(CC1CCN(N=O)CC1)C(=O)O. The summed E-state index contributed by atoms with van der Waals surface area (Å²) in [5, 5.41) is 13.1. The molecule has 1 atom stereocenters. The van der Waals surface area contributed by atoms with Gasteiger partial charge in [0.15, 0.2) is 0 Å². The van der Waals surface area contributed by atoms with Gasteiger partial charge in [-0.15, -0.1) is 4.91 Å². The van der Waals surface area contributed by atoms with Crippen LogP contribution in [0.5, 0.6) is 0 Å². The highest BCUT2D eigenvalue weighted by atomic mass is 16.4. The van der Waals surface area contributed by atoms with Gasteiger partial charge in [0.2, 0.25) is 0 Å². The van der Waals surface area contributed by atoms with Crippen LogP contribution in [-0.2, 0) is 4.79 Å². The Balaban J connectivity index is 2.28. The van der Waals surface area contributed by atoms with Gasteiger partial charge in [-0.05, 0) is 25.2 Å². The third-order valence-corrected chi connectivity index (χ3v) is 2.81.